The van der Waals surface area contributed by atoms with Gasteiger partial charge in [-0.3, -0.25) is 9.69 Å². The molecule has 1 heterocycles. The highest BCUT2D eigenvalue weighted by Gasteiger charge is 2.25. The molecule has 1 amide bonds. The van der Waals surface area contributed by atoms with Crippen molar-refractivity contribution < 1.29 is 19.4 Å². The molecular formula is C20H30N2O4. The van der Waals surface area contributed by atoms with E-state index in [2.05, 4.69) is 16.8 Å². The normalized spacial score (nSPS) is 17.1. The third-order valence-corrected chi connectivity index (χ3v) is 4.77. The fourth-order valence-corrected chi connectivity index (χ4v) is 3.46. The highest BCUT2D eigenvalue weighted by atomic mass is 16.5. The number of rotatable bonds is 10. The van der Waals surface area contributed by atoms with Crippen LogP contribution in [0.4, 0.5) is 0 Å². The maximum absolute atomic E-state index is 12.8. The van der Waals surface area contributed by atoms with Gasteiger partial charge < -0.3 is 19.9 Å². The Balaban J connectivity index is 2.14. The van der Waals surface area contributed by atoms with Crippen molar-refractivity contribution in [1.82, 2.24) is 10.2 Å². The van der Waals surface area contributed by atoms with Crippen molar-refractivity contribution in [3.8, 4) is 11.5 Å². The molecule has 0 aliphatic carbocycles. The van der Waals surface area contributed by atoms with Crippen molar-refractivity contribution in [3.05, 3.63) is 35.9 Å². The van der Waals surface area contributed by atoms with Gasteiger partial charge in [0.1, 0.15) is 0 Å². The Morgan fingerprint density at radius 3 is 2.88 bits per heavy atom. The number of methoxy groups -OCH3 is 2. The zero-order chi connectivity index (χ0) is 18.9. The van der Waals surface area contributed by atoms with Crippen LogP contribution in [0.1, 0.15) is 35.2 Å². The summed E-state index contributed by atoms with van der Waals surface area (Å²) < 4.78 is 10.8. The molecule has 1 fully saturated rings. The first kappa shape index (κ1) is 20.3. The molecule has 1 saturated heterocycles. The second kappa shape index (κ2) is 10.2. The van der Waals surface area contributed by atoms with Crippen LogP contribution in [-0.4, -0.2) is 62.4 Å². The Morgan fingerprint density at radius 1 is 1.42 bits per heavy atom. The van der Waals surface area contributed by atoms with Crippen LogP contribution in [-0.2, 0) is 6.42 Å². The van der Waals surface area contributed by atoms with Gasteiger partial charge in [-0.1, -0.05) is 6.08 Å². The summed E-state index contributed by atoms with van der Waals surface area (Å²) in [5, 5.41) is 12.1. The second-order valence-electron chi connectivity index (χ2n) is 6.50. The summed E-state index contributed by atoms with van der Waals surface area (Å²) in [4.78, 5) is 15.1. The highest BCUT2D eigenvalue weighted by Crippen LogP contribution is 2.33. The van der Waals surface area contributed by atoms with E-state index in [-0.39, 0.29) is 12.5 Å². The van der Waals surface area contributed by atoms with Gasteiger partial charge in [-0.15, -0.1) is 6.58 Å². The van der Waals surface area contributed by atoms with Gasteiger partial charge in [0.25, 0.3) is 5.91 Å². The van der Waals surface area contributed by atoms with E-state index in [0.717, 1.165) is 31.5 Å². The molecule has 2 N–H and O–H groups in total. The number of nitrogens with zero attached hydrogens (tertiary/aromatic N) is 1. The predicted molar refractivity (Wildman–Crippen MR) is 102 cm³/mol. The van der Waals surface area contributed by atoms with Crippen LogP contribution in [0, 0.1) is 0 Å². The number of aliphatic hydroxyl groups is 1. The summed E-state index contributed by atoms with van der Waals surface area (Å²) >= 11 is 0. The third-order valence-electron chi connectivity index (χ3n) is 4.77. The molecular weight excluding hydrogens is 332 g/mol. The molecule has 0 bridgehead atoms. The summed E-state index contributed by atoms with van der Waals surface area (Å²) in [6.45, 7) is 6.39. The summed E-state index contributed by atoms with van der Waals surface area (Å²) in [5.41, 5.74) is 1.41. The van der Waals surface area contributed by atoms with E-state index >= 15 is 0 Å². The molecule has 1 aliphatic heterocycles. The molecule has 144 valence electrons. The lowest BCUT2D eigenvalue weighted by Gasteiger charge is -2.23. The molecule has 1 aromatic carbocycles. The Morgan fingerprint density at radius 2 is 2.23 bits per heavy atom. The van der Waals surface area contributed by atoms with Crippen LogP contribution in [0.15, 0.2) is 24.8 Å². The lowest BCUT2D eigenvalue weighted by atomic mass is 10.0. The summed E-state index contributed by atoms with van der Waals surface area (Å²) in [5.74, 6) is 0.797. The van der Waals surface area contributed by atoms with Gasteiger partial charge >= 0.3 is 0 Å². The zero-order valence-electron chi connectivity index (χ0n) is 15.8. The van der Waals surface area contributed by atoms with Gasteiger partial charge in [-0.25, -0.2) is 0 Å². The molecule has 1 atom stereocenters. The van der Waals surface area contributed by atoms with Crippen molar-refractivity contribution >= 4 is 5.91 Å². The molecule has 26 heavy (non-hydrogen) atoms. The van der Waals surface area contributed by atoms with Crippen LogP contribution < -0.4 is 14.8 Å². The van der Waals surface area contributed by atoms with E-state index < -0.39 is 0 Å². The zero-order valence-corrected chi connectivity index (χ0v) is 15.8. The average molecular weight is 362 g/mol. The Labute approximate surface area is 155 Å². The first-order valence-corrected chi connectivity index (χ1v) is 9.13. The van der Waals surface area contributed by atoms with Crippen LogP contribution in [0.3, 0.4) is 0 Å². The Bertz CT molecular complexity index is 618. The molecule has 2 rings (SSSR count). The largest absolute Gasteiger partial charge is 0.493 e. The lowest BCUT2D eigenvalue weighted by Crippen LogP contribution is -2.40. The van der Waals surface area contributed by atoms with Crippen LogP contribution in [0.5, 0.6) is 11.5 Å². The summed E-state index contributed by atoms with van der Waals surface area (Å²) in [7, 11) is 3.09. The average Bonchev–Trinajstić information content (AvgIpc) is 3.10. The maximum Gasteiger partial charge on any atom is 0.255 e. The second-order valence-corrected chi connectivity index (χ2v) is 6.50. The lowest BCUT2D eigenvalue weighted by molar-refractivity contribution is 0.0938. The van der Waals surface area contributed by atoms with E-state index in [9.17, 15) is 4.79 Å². The maximum atomic E-state index is 12.8. The molecule has 0 aromatic heterocycles. The number of aliphatic hydroxyl groups excluding tert-OH is 1. The van der Waals surface area contributed by atoms with Gasteiger partial charge in [-0.2, -0.15) is 0 Å². The van der Waals surface area contributed by atoms with Crippen molar-refractivity contribution in [1.29, 1.82) is 0 Å². The van der Waals surface area contributed by atoms with Crippen LogP contribution >= 0.6 is 0 Å². The van der Waals surface area contributed by atoms with Gasteiger partial charge in [0, 0.05) is 25.7 Å². The van der Waals surface area contributed by atoms with Gasteiger partial charge in [0.2, 0.25) is 0 Å². The van der Waals surface area contributed by atoms with E-state index in [1.165, 1.54) is 7.11 Å². The SMILES string of the molecule is C=CCN1CCC[C@H]1CNC(=O)c1cc(CCCO)cc(OC)c1OC. The fraction of sp³-hybridized carbons (Fsp3) is 0.550. The van der Waals surface area contributed by atoms with Crippen molar-refractivity contribution in [2.45, 2.75) is 31.7 Å². The molecule has 0 spiro atoms. The predicted octanol–water partition coefficient (Wildman–Crippen LogP) is 2.01. The van der Waals surface area contributed by atoms with E-state index in [4.69, 9.17) is 14.6 Å². The van der Waals surface area contributed by atoms with Gasteiger partial charge in [0.15, 0.2) is 11.5 Å². The minimum atomic E-state index is -0.170. The third kappa shape index (κ3) is 4.99. The van der Waals surface area contributed by atoms with E-state index in [1.807, 2.05) is 18.2 Å². The molecule has 1 aromatic rings. The number of amides is 1. The van der Waals surface area contributed by atoms with E-state index in [1.54, 1.807) is 7.11 Å². The smallest absolute Gasteiger partial charge is 0.255 e. The van der Waals surface area contributed by atoms with Crippen LogP contribution in [0.25, 0.3) is 0 Å². The number of aryl methyl sites for hydroxylation is 1. The fourth-order valence-electron chi connectivity index (χ4n) is 3.46. The van der Waals surface area contributed by atoms with Crippen molar-refractivity contribution in [2.75, 3.05) is 40.5 Å². The van der Waals surface area contributed by atoms with E-state index in [0.29, 0.717) is 42.5 Å². The van der Waals surface area contributed by atoms with Gasteiger partial charge in [0.05, 0.1) is 19.8 Å². The number of hydrogen-bond donors (Lipinski definition) is 2. The minimum absolute atomic E-state index is 0.108. The molecule has 6 nitrogen and oxygen atoms in total. The Hall–Kier alpha value is -2.05. The van der Waals surface area contributed by atoms with Crippen LogP contribution in [0.2, 0.25) is 0 Å². The van der Waals surface area contributed by atoms with Crippen molar-refractivity contribution in [2.24, 2.45) is 0 Å². The number of benzene rings is 1. The molecule has 0 saturated carbocycles. The minimum Gasteiger partial charge on any atom is -0.493 e. The molecule has 6 heteroatoms. The highest BCUT2D eigenvalue weighted by molar-refractivity contribution is 5.98. The first-order valence-electron chi connectivity index (χ1n) is 9.13. The number of nitrogens with one attached hydrogen (secondary N) is 1. The molecule has 1 aliphatic rings. The number of carbonyl (C=O) groups excluding carboxylic acids is 1. The number of likely N-dealkylation sites (tertiary alicyclic amines) is 1. The number of carbonyl (C=O) groups is 1. The molecule has 0 unspecified atom stereocenters. The monoisotopic (exact) mass is 362 g/mol. The van der Waals surface area contributed by atoms with Gasteiger partial charge in [-0.05, 0) is 49.9 Å². The summed E-state index contributed by atoms with van der Waals surface area (Å²) in [6.07, 6.45) is 5.42. The van der Waals surface area contributed by atoms with Crippen molar-refractivity contribution in [3.63, 3.8) is 0 Å². The quantitative estimate of drug-likeness (QED) is 0.623. The standard InChI is InChI=1S/C20H30N2O4/c1-4-9-22-10-5-8-16(22)14-21-20(24)17-12-15(7-6-11-23)13-18(25-2)19(17)26-3/h4,12-13,16,23H,1,5-11,14H2,2-3H3,(H,21,24)/t16-/m0/s1. The summed E-state index contributed by atoms with van der Waals surface area (Å²) in [6, 6.07) is 4.01. The number of ether oxygens (including phenoxy) is 2. The number of hydrogen-bond acceptors (Lipinski definition) is 5. The molecule has 0 radical (unpaired) electrons. The first-order chi connectivity index (χ1) is 12.6. The topological polar surface area (TPSA) is 71.0 Å². The Kier molecular flexibility index (Phi) is 7.94.